The lowest BCUT2D eigenvalue weighted by molar-refractivity contribution is 0.171. The van der Waals surface area contributed by atoms with Gasteiger partial charge in [-0.15, -0.1) is 5.54 Å². The van der Waals surface area contributed by atoms with Crippen LogP contribution >= 0.6 is 0 Å². The van der Waals surface area contributed by atoms with Gasteiger partial charge in [0.2, 0.25) is 5.75 Å². The highest BCUT2D eigenvalue weighted by atomic mass is 28.3. The number of benzene rings is 3. The molecule has 3 aromatic carbocycles. The fraction of sp³-hybridized carbons (Fsp3) is 0.306. The Labute approximate surface area is 261 Å². The molecule has 1 aliphatic rings. The predicted molar refractivity (Wildman–Crippen MR) is 176 cm³/mol. The number of urea groups is 1. The normalized spacial score (nSPS) is 14.9. The molecule has 4 aromatic rings. The molecule has 0 saturated carbocycles. The van der Waals surface area contributed by atoms with Crippen molar-refractivity contribution in [3.63, 3.8) is 0 Å². The molecule has 1 atom stereocenters. The van der Waals surface area contributed by atoms with Crippen molar-refractivity contribution in [3.05, 3.63) is 119 Å². The second kappa shape index (κ2) is 13.8. The number of ether oxygens (including phenoxy) is 2. The maximum atomic E-state index is 13.8. The van der Waals surface area contributed by atoms with Gasteiger partial charge in [0, 0.05) is 18.2 Å². The Morgan fingerprint density at radius 2 is 1.48 bits per heavy atom. The Bertz CT molecular complexity index is 1610. The first-order chi connectivity index (χ1) is 21.2. The first-order valence-electron chi connectivity index (χ1n) is 15.1. The van der Waals surface area contributed by atoms with Crippen LogP contribution in [0, 0.1) is 11.5 Å². The van der Waals surface area contributed by atoms with Gasteiger partial charge in [-0.1, -0.05) is 98.4 Å². The number of carbonyl (C=O) groups excluding carboxylic acids is 1. The summed E-state index contributed by atoms with van der Waals surface area (Å²) in [5.74, 6) is 4.13. The summed E-state index contributed by atoms with van der Waals surface area (Å²) >= 11 is 0. The smallest absolute Gasteiger partial charge is 0.321 e. The molecule has 2 heterocycles. The molecule has 0 radical (unpaired) electrons. The van der Waals surface area contributed by atoms with Gasteiger partial charge in [-0.05, 0) is 42.7 Å². The van der Waals surface area contributed by atoms with E-state index in [0.29, 0.717) is 37.1 Å². The van der Waals surface area contributed by atoms with Gasteiger partial charge in [-0.2, -0.15) is 4.98 Å². The van der Waals surface area contributed by atoms with Crippen LogP contribution in [0.5, 0.6) is 11.6 Å². The van der Waals surface area contributed by atoms with Gasteiger partial charge in [0.1, 0.15) is 33.3 Å². The standard InChI is InChI=1S/C36H40N4O3Si/c1-27(2)40-33(31-18-16-28(17-19-31)20-21-44(3,4)5)23-39(36(40)41)22-32-34(42-24-29-12-8-6-9-13-29)35(38-26-37-32)43-25-30-14-10-7-11-15-30/h6-19,26-27,33H,22-25H2,1-5H3. The molecule has 2 amide bonds. The van der Waals surface area contributed by atoms with E-state index >= 15 is 0 Å². The van der Waals surface area contributed by atoms with Crippen LogP contribution in [-0.4, -0.2) is 46.5 Å². The lowest BCUT2D eigenvalue weighted by atomic mass is 10.0. The molecule has 1 fully saturated rings. The average molecular weight is 605 g/mol. The number of rotatable bonds is 10. The van der Waals surface area contributed by atoms with Crippen LogP contribution in [0.1, 0.15) is 47.8 Å². The quantitative estimate of drug-likeness (QED) is 0.141. The topological polar surface area (TPSA) is 67.8 Å². The monoisotopic (exact) mass is 604 g/mol. The zero-order chi connectivity index (χ0) is 31.1. The maximum Gasteiger partial charge on any atom is 0.321 e. The van der Waals surface area contributed by atoms with E-state index < -0.39 is 8.07 Å². The minimum atomic E-state index is -1.47. The van der Waals surface area contributed by atoms with Crippen LogP contribution in [0.3, 0.4) is 0 Å². The van der Waals surface area contributed by atoms with Crippen LogP contribution in [-0.2, 0) is 19.8 Å². The molecule has 1 unspecified atom stereocenters. The molecule has 8 heteroatoms. The third kappa shape index (κ3) is 7.85. The van der Waals surface area contributed by atoms with Crippen molar-refractivity contribution in [2.45, 2.75) is 65.3 Å². The summed E-state index contributed by atoms with van der Waals surface area (Å²) in [7, 11) is -1.47. The molecule has 226 valence electrons. The SMILES string of the molecule is CC(C)N1C(=O)N(Cc2ncnc(OCc3ccccc3)c2OCc2ccccc2)CC1c1ccc(C#C[Si](C)(C)C)cc1. The lowest BCUT2D eigenvalue weighted by Crippen LogP contribution is -2.37. The Kier molecular flexibility index (Phi) is 9.66. The number of hydrogen-bond acceptors (Lipinski definition) is 5. The summed E-state index contributed by atoms with van der Waals surface area (Å²) in [6.45, 7) is 12.3. The highest BCUT2D eigenvalue weighted by Gasteiger charge is 2.40. The number of amides is 2. The molecule has 1 aliphatic heterocycles. The maximum absolute atomic E-state index is 13.8. The van der Waals surface area contributed by atoms with Gasteiger partial charge in [0.05, 0.1) is 12.6 Å². The van der Waals surface area contributed by atoms with E-state index in [1.165, 1.54) is 6.33 Å². The van der Waals surface area contributed by atoms with E-state index in [0.717, 1.165) is 22.3 Å². The molecule has 0 spiro atoms. The third-order valence-electron chi connectivity index (χ3n) is 7.28. The van der Waals surface area contributed by atoms with Gasteiger partial charge in [0.15, 0.2) is 0 Å². The van der Waals surface area contributed by atoms with Crippen LogP contribution in [0.2, 0.25) is 19.6 Å². The van der Waals surface area contributed by atoms with Gasteiger partial charge in [0.25, 0.3) is 5.88 Å². The summed E-state index contributed by atoms with van der Waals surface area (Å²) in [5, 5.41) is 0. The highest BCUT2D eigenvalue weighted by Crippen LogP contribution is 2.35. The zero-order valence-corrected chi connectivity index (χ0v) is 27.2. The Balaban J connectivity index is 1.39. The van der Waals surface area contributed by atoms with Gasteiger partial charge >= 0.3 is 6.03 Å². The Hall–Kier alpha value is -4.61. The predicted octanol–water partition coefficient (Wildman–Crippen LogP) is 7.25. The number of aromatic nitrogens is 2. The summed E-state index contributed by atoms with van der Waals surface area (Å²) in [4.78, 5) is 26.6. The fourth-order valence-corrected chi connectivity index (χ4v) is 5.61. The molecule has 0 bridgehead atoms. The number of hydrogen-bond donors (Lipinski definition) is 0. The van der Waals surface area contributed by atoms with Crippen molar-refractivity contribution < 1.29 is 14.3 Å². The zero-order valence-electron chi connectivity index (χ0n) is 26.2. The van der Waals surface area contributed by atoms with Crippen LogP contribution < -0.4 is 9.47 Å². The van der Waals surface area contributed by atoms with Crippen molar-refractivity contribution in [1.82, 2.24) is 19.8 Å². The van der Waals surface area contributed by atoms with E-state index in [4.69, 9.17) is 9.47 Å². The molecule has 0 aliphatic carbocycles. The largest absolute Gasteiger partial charge is 0.482 e. The minimum absolute atomic E-state index is 0.0211. The van der Waals surface area contributed by atoms with Crippen molar-refractivity contribution in [1.29, 1.82) is 0 Å². The van der Waals surface area contributed by atoms with Crippen LogP contribution in [0.25, 0.3) is 0 Å². The fourth-order valence-electron chi connectivity index (χ4n) is 5.09. The molecule has 44 heavy (non-hydrogen) atoms. The first-order valence-corrected chi connectivity index (χ1v) is 18.6. The molecular formula is C36H40N4O3Si. The van der Waals surface area contributed by atoms with E-state index in [1.807, 2.05) is 70.5 Å². The van der Waals surface area contributed by atoms with Gasteiger partial charge < -0.3 is 19.3 Å². The molecular weight excluding hydrogens is 565 g/mol. The van der Waals surface area contributed by atoms with Crippen molar-refractivity contribution in [2.75, 3.05) is 6.54 Å². The summed E-state index contributed by atoms with van der Waals surface area (Å²) < 4.78 is 12.5. The van der Waals surface area contributed by atoms with Crippen molar-refractivity contribution in [3.8, 4) is 23.1 Å². The van der Waals surface area contributed by atoms with E-state index in [1.54, 1.807) is 0 Å². The molecule has 0 N–H and O–H groups in total. The van der Waals surface area contributed by atoms with E-state index in [-0.39, 0.29) is 24.7 Å². The van der Waals surface area contributed by atoms with Crippen molar-refractivity contribution in [2.24, 2.45) is 0 Å². The minimum Gasteiger partial charge on any atom is -0.482 e. The Morgan fingerprint density at radius 3 is 2.07 bits per heavy atom. The highest BCUT2D eigenvalue weighted by molar-refractivity contribution is 6.83. The Morgan fingerprint density at radius 1 is 0.864 bits per heavy atom. The molecule has 1 saturated heterocycles. The molecule has 7 nitrogen and oxygen atoms in total. The van der Waals surface area contributed by atoms with E-state index in [2.05, 4.69) is 79.2 Å². The average Bonchev–Trinajstić information content (AvgIpc) is 3.35. The van der Waals surface area contributed by atoms with Gasteiger partial charge in [-0.25, -0.2) is 9.78 Å². The second-order valence-electron chi connectivity index (χ2n) is 12.3. The number of carbonyl (C=O) groups is 1. The second-order valence-corrected chi connectivity index (χ2v) is 17.1. The van der Waals surface area contributed by atoms with E-state index in [9.17, 15) is 4.79 Å². The van der Waals surface area contributed by atoms with Crippen molar-refractivity contribution >= 4 is 14.1 Å². The van der Waals surface area contributed by atoms with Crippen LogP contribution in [0.4, 0.5) is 4.79 Å². The third-order valence-corrected chi connectivity index (χ3v) is 8.16. The summed E-state index contributed by atoms with van der Waals surface area (Å²) in [6.07, 6.45) is 1.48. The number of nitrogens with zero attached hydrogens (tertiary/aromatic N) is 4. The van der Waals surface area contributed by atoms with Crippen LogP contribution in [0.15, 0.2) is 91.3 Å². The molecule has 1 aromatic heterocycles. The molecule has 5 rings (SSSR count). The first kappa shape index (κ1) is 30.8. The summed E-state index contributed by atoms with van der Waals surface area (Å²) in [6, 6.07) is 28.1. The lowest BCUT2D eigenvalue weighted by Gasteiger charge is -2.27. The summed E-state index contributed by atoms with van der Waals surface area (Å²) in [5.41, 5.74) is 8.15. The van der Waals surface area contributed by atoms with Gasteiger partial charge in [-0.3, -0.25) is 0 Å².